The maximum Gasteiger partial charge on any atom is 0.230 e. The number of hydrogen-bond donors (Lipinski definition) is 1. The zero-order valence-electron chi connectivity index (χ0n) is 17.6. The smallest absolute Gasteiger partial charge is 0.230 e. The average molecular weight is 446 g/mol. The topological polar surface area (TPSA) is 81.9 Å². The van der Waals surface area contributed by atoms with Gasteiger partial charge in [-0.15, -0.1) is 10.2 Å². The molecule has 0 radical (unpaired) electrons. The second kappa shape index (κ2) is 10.6. The minimum Gasteiger partial charge on any atom is -0.497 e. The van der Waals surface area contributed by atoms with E-state index in [4.69, 9.17) is 4.74 Å². The van der Waals surface area contributed by atoms with Gasteiger partial charge in [0.2, 0.25) is 5.91 Å². The van der Waals surface area contributed by atoms with Gasteiger partial charge in [0.25, 0.3) is 0 Å². The van der Waals surface area contributed by atoms with Crippen molar-refractivity contribution < 1.29 is 9.53 Å². The van der Waals surface area contributed by atoms with Crippen LogP contribution in [0.4, 0.5) is 0 Å². The molecule has 0 saturated heterocycles. The van der Waals surface area contributed by atoms with Crippen LogP contribution >= 0.6 is 11.8 Å². The molecule has 0 saturated carbocycles. The highest BCUT2D eigenvalue weighted by molar-refractivity contribution is 7.99. The van der Waals surface area contributed by atoms with Crippen LogP contribution in [0.25, 0.3) is 16.9 Å². The van der Waals surface area contributed by atoms with Crippen molar-refractivity contribution in [1.82, 2.24) is 25.3 Å². The summed E-state index contributed by atoms with van der Waals surface area (Å²) in [4.78, 5) is 12.1. The predicted octanol–water partition coefficient (Wildman–Crippen LogP) is 3.79. The number of amides is 1. The Labute approximate surface area is 190 Å². The number of nitrogens with zero attached hydrogens (tertiary/aromatic N) is 4. The lowest BCUT2D eigenvalue weighted by Gasteiger charge is -2.07. The molecule has 2 aromatic heterocycles. The van der Waals surface area contributed by atoms with Crippen molar-refractivity contribution in [3.8, 4) is 22.7 Å². The van der Waals surface area contributed by atoms with Gasteiger partial charge in [0.1, 0.15) is 10.8 Å². The van der Waals surface area contributed by atoms with Crippen molar-refractivity contribution >= 4 is 17.7 Å². The van der Waals surface area contributed by atoms with Gasteiger partial charge in [0.05, 0.1) is 24.2 Å². The molecule has 4 rings (SSSR count). The molecule has 0 atom stereocenters. The summed E-state index contributed by atoms with van der Waals surface area (Å²) in [5.41, 5.74) is 3.89. The number of methoxy groups -OCH3 is 1. The van der Waals surface area contributed by atoms with Gasteiger partial charge in [-0.1, -0.05) is 36.0 Å². The van der Waals surface area contributed by atoms with E-state index in [1.54, 1.807) is 18.0 Å². The van der Waals surface area contributed by atoms with Crippen LogP contribution in [0.1, 0.15) is 5.56 Å². The maximum absolute atomic E-state index is 12.1. The highest BCUT2D eigenvalue weighted by atomic mass is 32.2. The molecule has 8 heteroatoms. The van der Waals surface area contributed by atoms with Gasteiger partial charge in [0, 0.05) is 24.5 Å². The van der Waals surface area contributed by atoms with Crippen LogP contribution in [0.5, 0.6) is 5.75 Å². The van der Waals surface area contributed by atoms with E-state index in [9.17, 15) is 4.79 Å². The first-order valence-electron chi connectivity index (χ1n) is 10.2. The largest absolute Gasteiger partial charge is 0.497 e. The summed E-state index contributed by atoms with van der Waals surface area (Å²) in [7, 11) is 1.64. The molecule has 162 valence electrons. The number of rotatable bonds is 9. The van der Waals surface area contributed by atoms with Crippen molar-refractivity contribution in [3.05, 3.63) is 84.7 Å². The van der Waals surface area contributed by atoms with Crippen LogP contribution in [-0.4, -0.2) is 45.3 Å². The van der Waals surface area contributed by atoms with Crippen molar-refractivity contribution in [2.75, 3.05) is 19.4 Å². The summed E-state index contributed by atoms with van der Waals surface area (Å²) in [5, 5.41) is 16.4. The molecule has 0 unspecified atom stereocenters. The van der Waals surface area contributed by atoms with Crippen LogP contribution in [0, 0.1) is 0 Å². The minimum absolute atomic E-state index is 0.0244. The summed E-state index contributed by atoms with van der Waals surface area (Å²) in [6, 6.07) is 21.5. The highest BCUT2D eigenvalue weighted by Gasteiger charge is 2.06. The fourth-order valence-corrected chi connectivity index (χ4v) is 3.73. The molecular formula is C24H23N5O2S. The lowest BCUT2D eigenvalue weighted by atomic mass is 10.1. The van der Waals surface area contributed by atoms with Gasteiger partial charge in [-0.3, -0.25) is 4.79 Å². The van der Waals surface area contributed by atoms with Gasteiger partial charge in [0.15, 0.2) is 0 Å². The van der Waals surface area contributed by atoms with Crippen LogP contribution in [0.2, 0.25) is 0 Å². The van der Waals surface area contributed by atoms with E-state index in [0.717, 1.165) is 34.7 Å². The third kappa shape index (κ3) is 5.73. The summed E-state index contributed by atoms with van der Waals surface area (Å²) in [5.74, 6) is 1.10. The Hall–Kier alpha value is -3.65. The fraction of sp³-hybridized carbons (Fsp3) is 0.167. The predicted molar refractivity (Wildman–Crippen MR) is 125 cm³/mol. The van der Waals surface area contributed by atoms with Crippen LogP contribution < -0.4 is 10.1 Å². The highest BCUT2D eigenvalue weighted by Crippen LogP contribution is 2.21. The summed E-state index contributed by atoms with van der Waals surface area (Å²) in [6.07, 6.45) is 4.42. The Morgan fingerprint density at radius 2 is 1.84 bits per heavy atom. The number of carbonyl (C=O) groups excluding carboxylic acids is 1. The first-order valence-corrected chi connectivity index (χ1v) is 11.2. The van der Waals surface area contributed by atoms with E-state index in [1.165, 1.54) is 11.8 Å². The van der Waals surface area contributed by atoms with Crippen LogP contribution in [-0.2, 0) is 11.2 Å². The van der Waals surface area contributed by atoms with Crippen molar-refractivity contribution in [3.63, 3.8) is 0 Å². The molecule has 2 heterocycles. The number of benzene rings is 2. The molecule has 4 aromatic rings. The SMILES string of the molecule is COc1ccc(CCNC(=O)CSc2ccc(-c3ccc(-n4cccn4)cc3)nn2)cc1. The molecule has 0 spiro atoms. The summed E-state index contributed by atoms with van der Waals surface area (Å²) >= 11 is 1.37. The average Bonchev–Trinajstić information content (AvgIpc) is 3.39. The Bertz CT molecular complexity index is 1130. The van der Waals surface area contributed by atoms with Crippen molar-refractivity contribution in [2.24, 2.45) is 0 Å². The summed E-state index contributed by atoms with van der Waals surface area (Å²) < 4.78 is 6.95. The van der Waals surface area contributed by atoms with E-state index in [1.807, 2.05) is 72.9 Å². The molecule has 7 nitrogen and oxygen atoms in total. The molecule has 1 amide bonds. The number of aromatic nitrogens is 4. The quantitative estimate of drug-likeness (QED) is 0.395. The molecule has 32 heavy (non-hydrogen) atoms. The van der Waals surface area contributed by atoms with Crippen molar-refractivity contribution in [2.45, 2.75) is 11.4 Å². The van der Waals surface area contributed by atoms with E-state index in [2.05, 4.69) is 20.6 Å². The number of ether oxygens (including phenoxy) is 1. The number of carbonyl (C=O) groups is 1. The zero-order chi connectivity index (χ0) is 22.2. The van der Waals surface area contributed by atoms with Gasteiger partial charge < -0.3 is 10.1 Å². The standard InChI is InChI=1S/C24H23N5O2S/c1-31-21-9-3-18(4-10-21)13-15-25-23(30)17-32-24-12-11-22(27-28-24)19-5-7-20(8-6-19)29-16-2-14-26-29/h2-12,14,16H,13,15,17H2,1H3,(H,25,30). The fourth-order valence-electron chi connectivity index (χ4n) is 3.09. The van der Waals surface area contributed by atoms with E-state index < -0.39 is 0 Å². The lowest BCUT2D eigenvalue weighted by molar-refractivity contribution is -0.118. The van der Waals surface area contributed by atoms with E-state index in [-0.39, 0.29) is 5.91 Å². The molecule has 0 bridgehead atoms. The first kappa shape index (κ1) is 21.6. The lowest BCUT2D eigenvalue weighted by Crippen LogP contribution is -2.27. The van der Waals surface area contributed by atoms with Gasteiger partial charge in [-0.05, 0) is 54.4 Å². The van der Waals surface area contributed by atoms with Gasteiger partial charge >= 0.3 is 0 Å². The second-order valence-electron chi connectivity index (χ2n) is 6.99. The summed E-state index contributed by atoms with van der Waals surface area (Å²) in [6.45, 7) is 0.588. The Kier molecular flexibility index (Phi) is 7.14. The van der Waals surface area contributed by atoms with Crippen molar-refractivity contribution in [1.29, 1.82) is 0 Å². The Morgan fingerprint density at radius 1 is 1.03 bits per heavy atom. The molecule has 0 aliphatic heterocycles. The second-order valence-corrected chi connectivity index (χ2v) is 7.99. The third-order valence-corrected chi connectivity index (χ3v) is 5.74. The molecule has 0 aliphatic rings. The Morgan fingerprint density at radius 3 is 2.50 bits per heavy atom. The monoisotopic (exact) mass is 445 g/mol. The molecule has 0 aliphatic carbocycles. The zero-order valence-corrected chi connectivity index (χ0v) is 18.5. The van der Waals surface area contributed by atoms with Crippen LogP contribution in [0.3, 0.4) is 0 Å². The maximum atomic E-state index is 12.1. The molecule has 2 aromatic carbocycles. The van der Waals surface area contributed by atoms with E-state index in [0.29, 0.717) is 17.3 Å². The van der Waals surface area contributed by atoms with Crippen LogP contribution in [0.15, 0.2) is 84.1 Å². The Balaban J connectivity index is 1.23. The molecule has 1 N–H and O–H groups in total. The normalized spacial score (nSPS) is 10.7. The van der Waals surface area contributed by atoms with Gasteiger partial charge in [-0.2, -0.15) is 5.10 Å². The van der Waals surface area contributed by atoms with E-state index >= 15 is 0 Å². The third-order valence-electron chi connectivity index (χ3n) is 4.82. The van der Waals surface area contributed by atoms with Gasteiger partial charge in [-0.25, -0.2) is 4.68 Å². The number of thioether (sulfide) groups is 1. The minimum atomic E-state index is -0.0244. The number of hydrogen-bond acceptors (Lipinski definition) is 6. The first-order chi connectivity index (χ1) is 15.7. The molecule has 0 fully saturated rings. The molecular weight excluding hydrogens is 422 g/mol. The number of nitrogens with one attached hydrogen (secondary N) is 1.